The zero-order chi connectivity index (χ0) is 11.2. The Bertz CT molecular complexity index is 140. The van der Waals surface area contributed by atoms with Gasteiger partial charge in [-0.05, 0) is 32.6 Å². The van der Waals surface area contributed by atoms with Crippen molar-refractivity contribution >= 4 is 0 Å². The lowest BCUT2D eigenvalue weighted by Crippen LogP contribution is -2.43. The van der Waals surface area contributed by atoms with Crippen LogP contribution in [0.5, 0.6) is 0 Å². The zero-order valence-corrected chi connectivity index (χ0v) is 10.4. The van der Waals surface area contributed by atoms with Gasteiger partial charge < -0.3 is 10.4 Å². The number of hydrogen-bond acceptors (Lipinski definition) is 2. The molecule has 0 aliphatic carbocycles. The molecule has 0 aromatic heterocycles. The van der Waals surface area contributed by atoms with Crippen LogP contribution in [0.1, 0.15) is 53.9 Å². The first-order chi connectivity index (χ1) is 6.40. The van der Waals surface area contributed by atoms with Gasteiger partial charge in [-0.2, -0.15) is 0 Å². The highest BCUT2D eigenvalue weighted by Gasteiger charge is 2.18. The molecule has 2 unspecified atom stereocenters. The van der Waals surface area contributed by atoms with Crippen LogP contribution in [-0.4, -0.2) is 23.3 Å². The summed E-state index contributed by atoms with van der Waals surface area (Å²) < 4.78 is 0. The normalized spacial score (nSPS) is 16.7. The third-order valence-electron chi connectivity index (χ3n) is 2.67. The van der Waals surface area contributed by atoms with Gasteiger partial charge in [-0.15, -0.1) is 0 Å². The van der Waals surface area contributed by atoms with Crippen molar-refractivity contribution in [3.63, 3.8) is 0 Å². The number of nitrogens with one attached hydrogen (secondary N) is 1. The topological polar surface area (TPSA) is 32.3 Å². The molecule has 0 fully saturated rings. The molecule has 0 amide bonds. The fourth-order valence-electron chi connectivity index (χ4n) is 1.79. The van der Waals surface area contributed by atoms with Crippen LogP contribution in [0.3, 0.4) is 0 Å². The summed E-state index contributed by atoms with van der Waals surface area (Å²) in [7, 11) is 0. The lowest BCUT2D eigenvalue weighted by atomic mass is 9.94. The van der Waals surface area contributed by atoms with E-state index in [0.29, 0.717) is 18.5 Å². The minimum atomic E-state index is -0.598. The molecule has 0 heterocycles. The van der Waals surface area contributed by atoms with E-state index in [1.165, 1.54) is 12.8 Å². The van der Waals surface area contributed by atoms with Gasteiger partial charge in [0.25, 0.3) is 0 Å². The van der Waals surface area contributed by atoms with E-state index in [2.05, 4.69) is 26.1 Å². The van der Waals surface area contributed by atoms with E-state index in [0.717, 1.165) is 6.42 Å². The Labute approximate surface area is 89.1 Å². The van der Waals surface area contributed by atoms with Gasteiger partial charge >= 0.3 is 0 Å². The molecule has 0 saturated carbocycles. The maximum absolute atomic E-state index is 9.61. The molecule has 0 aromatic rings. The van der Waals surface area contributed by atoms with E-state index in [1.54, 1.807) is 0 Å². The summed E-state index contributed by atoms with van der Waals surface area (Å²) in [6, 6.07) is 0.543. The van der Waals surface area contributed by atoms with Gasteiger partial charge in [0.2, 0.25) is 0 Å². The third-order valence-corrected chi connectivity index (χ3v) is 2.67. The first kappa shape index (κ1) is 13.9. The highest BCUT2D eigenvalue weighted by molar-refractivity contribution is 4.76. The van der Waals surface area contributed by atoms with Crippen molar-refractivity contribution in [1.29, 1.82) is 0 Å². The van der Waals surface area contributed by atoms with Crippen molar-refractivity contribution in [2.75, 3.05) is 6.54 Å². The van der Waals surface area contributed by atoms with Crippen molar-refractivity contribution in [1.82, 2.24) is 5.32 Å². The van der Waals surface area contributed by atoms with Crippen molar-refractivity contribution in [2.45, 2.75) is 65.5 Å². The molecule has 0 aliphatic rings. The van der Waals surface area contributed by atoms with Crippen molar-refractivity contribution < 1.29 is 5.11 Å². The second kappa shape index (κ2) is 6.41. The van der Waals surface area contributed by atoms with Crippen molar-refractivity contribution in [3.8, 4) is 0 Å². The first-order valence-electron chi connectivity index (χ1n) is 5.86. The molecule has 0 aliphatic heterocycles. The Morgan fingerprint density at radius 1 is 1.29 bits per heavy atom. The summed E-state index contributed by atoms with van der Waals surface area (Å²) in [4.78, 5) is 0. The third kappa shape index (κ3) is 6.39. The van der Waals surface area contributed by atoms with Gasteiger partial charge in [-0.1, -0.05) is 27.2 Å². The van der Waals surface area contributed by atoms with Crippen LogP contribution in [0.15, 0.2) is 0 Å². The molecular weight excluding hydrogens is 174 g/mol. The highest BCUT2D eigenvalue weighted by Crippen LogP contribution is 2.14. The van der Waals surface area contributed by atoms with Gasteiger partial charge in [-0.25, -0.2) is 0 Å². The average molecular weight is 201 g/mol. The molecule has 0 aromatic carbocycles. The number of hydrogen-bond donors (Lipinski definition) is 2. The molecule has 0 bridgehead atoms. The smallest absolute Gasteiger partial charge is 0.0715 e. The van der Waals surface area contributed by atoms with E-state index in [1.807, 2.05) is 13.8 Å². The molecule has 86 valence electrons. The Kier molecular flexibility index (Phi) is 6.38. The lowest BCUT2D eigenvalue weighted by molar-refractivity contribution is 0.0733. The van der Waals surface area contributed by atoms with Crippen LogP contribution in [-0.2, 0) is 0 Å². The van der Waals surface area contributed by atoms with Crippen LogP contribution < -0.4 is 5.32 Å². The summed E-state index contributed by atoms with van der Waals surface area (Å²) >= 11 is 0. The Morgan fingerprint density at radius 2 is 1.86 bits per heavy atom. The fourth-order valence-corrected chi connectivity index (χ4v) is 1.79. The van der Waals surface area contributed by atoms with Gasteiger partial charge in [0.1, 0.15) is 0 Å². The average Bonchev–Trinajstić information content (AvgIpc) is 2.03. The minimum Gasteiger partial charge on any atom is -0.389 e. The second-order valence-electron chi connectivity index (χ2n) is 4.97. The maximum atomic E-state index is 9.61. The molecule has 14 heavy (non-hydrogen) atoms. The molecule has 0 radical (unpaired) electrons. The van der Waals surface area contributed by atoms with E-state index in [9.17, 15) is 5.11 Å². The Hall–Kier alpha value is -0.0800. The van der Waals surface area contributed by atoms with Crippen LogP contribution in [0.4, 0.5) is 0 Å². The van der Waals surface area contributed by atoms with E-state index in [-0.39, 0.29) is 0 Å². The number of rotatable bonds is 7. The highest BCUT2D eigenvalue weighted by atomic mass is 16.3. The quantitative estimate of drug-likeness (QED) is 0.663. The van der Waals surface area contributed by atoms with Crippen LogP contribution in [0.2, 0.25) is 0 Å². The molecule has 2 atom stereocenters. The molecule has 2 nitrogen and oxygen atoms in total. The molecule has 2 N–H and O–H groups in total. The number of aliphatic hydroxyl groups is 1. The van der Waals surface area contributed by atoms with Crippen molar-refractivity contribution in [2.24, 2.45) is 5.92 Å². The summed E-state index contributed by atoms with van der Waals surface area (Å²) in [6.45, 7) is 11.1. The molecular formula is C12H27NO. The van der Waals surface area contributed by atoms with Crippen LogP contribution >= 0.6 is 0 Å². The molecule has 0 rings (SSSR count). The summed E-state index contributed by atoms with van der Waals surface area (Å²) in [5, 5.41) is 13.1. The summed E-state index contributed by atoms with van der Waals surface area (Å²) in [5.41, 5.74) is -0.598. The molecule has 0 saturated heterocycles. The van der Waals surface area contributed by atoms with Crippen LogP contribution in [0.25, 0.3) is 0 Å². The standard InChI is InChI=1S/C12H27NO/c1-6-8-10(3)11(7-2)13-9-12(4,5)14/h10-11,13-14H,6-9H2,1-5H3. The van der Waals surface area contributed by atoms with Crippen LogP contribution in [0, 0.1) is 5.92 Å². The SMILES string of the molecule is CCCC(C)C(CC)NCC(C)(C)O. The molecule has 2 heteroatoms. The second-order valence-corrected chi connectivity index (χ2v) is 4.97. The fraction of sp³-hybridized carbons (Fsp3) is 1.00. The van der Waals surface area contributed by atoms with Gasteiger partial charge in [-0.3, -0.25) is 0 Å². The molecule has 0 spiro atoms. The predicted molar refractivity (Wildman–Crippen MR) is 62.5 cm³/mol. The largest absolute Gasteiger partial charge is 0.389 e. The van der Waals surface area contributed by atoms with Gasteiger partial charge in [0.15, 0.2) is 0 Å². The minimum absolute atomic E-state index is 0.543. The Balaban J connectivity index is 3.90. The monoisotopic (exact) mass is 201 g/mol. The van der Waals surface area contributed by atoms with Gasteiger partial charge in [0, 0.05) is 12.6 Å². The van der Waals surface area contributed by atoms with E-state index in [4.69, 9.17) is 0 Å². The lowest BCUT2D eigenvalue weighted by Gasteiger charge is -2.27. The zero-order valence-electron chi connectivity index (χ0n) is 10.4. The van der Waals surface area contributed by atoms with Crippen molar-refractivity contribution in [3.05, 3.63) is 0 Å². The summed E-state index contributed by atoms with van der Waals surface area (Å²) in [6.07, 6.45) is 3.64. The van der Waals surface area contributed by atoms with Gasteiger partial charge in [0.05, 0.1) is 5.60 Å². The first-order valence-corrected chi connectivity index (χ1v) is 5.86. The summed E-state index contributed by atoms with van der Waals surface area (Å²) in [5.74, 6) is 0.701. The maximum Gasteiger partial charge on any atom is 0.0715 e. The van der Waals surface area contributed by atoms with E-state index >= 15 is 0 Å². The Morgan fingerprint density at radius 3 is 2.21 bits per heavy atom. The predicted octanol–water partition coefficient (Wildman–Crippen LogP) is 2.56. The van der Waals surface area contributed by atoms with E-state index < -0.39 is 5.60 Å².